The molecule has 7 rings (SSSR count). The SMILES string of the molecule is CC[C@H]1C2C[C@H]3C4N(C)c5ccccc5[C@@]45[C@@H]4[C@@H](C(CC45O)N[C@@H]1O)[C@@H]23. The maximum absolute atomic E-state index is 11.9. The zero-order valence-electron chi connectivity index (χ0n) is 15.5. The Labute approximate surface area is 154 Å². The Morgan fingerprint density at radius 2 is 2.04 bits per heavy atom. The van der Waals surface area contributed by atoms with Crippen molar-refractivity contribution in [3.8, 4) is 0 Å². The van der Waals surface area contributed by atoms with E-state index in [0.717, 1.165) is 12.8 Å². The fourth-order valence-corrected chi connectivity index (χ4v) is 9.29. The summed E-state index contributed by atoms with van der Waals surface area (Å²) < 4.78 is 0. The van der Waals surface area contributed by atoms with Crippen molar-refractivity contribution in [2.45, 2.75) is 55.5 Å². The average Bonchev–Trinajstić information content (AvgIpc) is 2.92. The number of benzene rings is 1. The first-order valence-corrected chi connectivity index (χ1v) is 10.5. The van der Waals surface area contributed by atoms with Gasteiger partial charge in [-0.3, -0.25) is 5.32 Å². The third kappa shape index (κ3) is 1.19. The Hall–Kier alpha value is -1.10. The highest BCUT2D eigenvalue weighted by molar-refractivity contribution is 5.72. The van der Waals surface area contributed by atoms with E-state index >= 15 is 0 Å². The first kappa shape index (κ1) is 14.9. The van der Waals surface area contributed by atoms with Crippen LogP contribution in [0.15, 0.2) is 24.3 Å². The Balaban J connectivity index is 1.44. The summed E-state index contributed by atoms with van der Waals surface area (Å²) in [6.07, 6.45) is 2.68. The molecule has 5 fully saturated rings. The third-order valence-electron chi connectivity index (χ3n) is 9.83. The molecule has 2 heterocycles. The quantitative estimate of drug-likeness (QED) is 0.720. The number of para-hydroxylation sites is 1. The van der Waals surface area contributed by atoms with Crippen molar-refractivity contribution >= 4 is 5.69 Å². The van der Waals surface area contributed by atoms with Gasteiger partial charge in [0.1, 0.15) is 6.23 Å². The maximum Gasteiger partial charge on any atom is 0.108 e. The number of anilines is 1. The fraction of sp³-hybridized carbons (Fsp3) is 0.727. The van der Waals surface area contributed by atoms with Crippen LogP contribution in [0, 0.1) is 35.5 Å². The number of aliphatic hydroxyl groups is 2. The van der Waals surface area contributed by atoms with E-state index in [1.165, 1.54) is 17.7 Å². The second kappa shape index (κ2) is 4.16. The van der Waals surface area contributed by atoms with Gasteiger partial charge in [0.2, 0.25) is 0 Å². The van der Waals surface area contributed by atoms with E-state index < -0.39 is 11.8 Å². The average molecular weight is 352 g/mol. The number of aliphatic hydroxyl groups excluding tert-OH is 1. The van der Waals surface area contributed by atoms with Crippen LogP contribution in [-0.2, 0) is 5.41 Å². The smallest absolute Gasteiger partial charge is 0.108 e. The van der Waals surface area contributed by atoms with Crippen LogP contribution in [0.25, 0.3) is 0 Å². The number of fused-ring (bicyclic) bond motifs is 2. The number of rotatable bonds is 1. The zero-order valence-corrected chi connectivity index (χ0v) is 15.5. The molecule has 2 aliphatic heterocycles. The summed E-state index contributed by atoms with van der Waals surface area (Å²) in [5.74, 6) is 3.24. The summed E-state index contributed by atoms with van der Waals surface area (Å²) in [5, 5.41) is 26.3. The van der Waals surface area contributed by atoms with Gasteiger partial charge >= 0.3 is 0 Å². The van der Waals surface area contributed by atoms with Crippen molar-refractivity contribution in [3.05, 3.63) is 29.8 Å². The van der Waals surface area contributed by atoms with Crippen LogP contribution in [0.3, 0.4) is 0 Å². The minimum absolute atomic E-state index is 0.0513. The molecule has 4 nitrogen and oxygen atoms in total. The first-order chi connectivity index (χ1) is 12.6. The Morgan fingerprint density at radius 3 is 2.85 bits per heavy atom. The summed E-state index contributed by atoms with van der Waals surface area (Å²) >= 11 is 0. The molecule has 1 aromatic rings. The molecule has 138 valence electrons. The number of nitrogens with zero attached hydrogens (tertiary/aromatic N) is 1. The van der Waals surface area contributed by atoms with E-state index in [4.69, 9.17) is 0 Å². The van der Waals surface area contributed by atoms with Crippen LogP contribution < -0.4 is 10.2 Å². The molecular formula is C22H28N2O2. The van der Waals surface area contributed by atoms with Gasteiger partial charge in [0.25, 0.3) is 0 Å². The normalized spacial score (nSPS) is 59.8. The molecule has 26 heavy (non-hydrogen) atoms. The van der Waals surface area contributed by atoms with E-state index in [1.807, 2.05) is 0 Å². The Morgan fingerprint density at radius 1 is 1.23 bits per heavy atom. The van der Waals surface area contributed by atoms with E-state index in [0.29, 0.717) is 41.5 Å². The molecule has 6 aliphatic rings. The van der Waals surface area contributed by atoms with Crippen LogP contribution in [0.1, 0.15) is 31.7 Å². The number of hydrogen-bond acceptors (Lipinski definition) is 4. The lowest BCUT2D eigenvalue weighted by Crippen LogP contribution is -2.62. The van der Waals surface area contributed by atoms with Gasteiger partial charge in [0, 0.05) is 36.7 Å². The van der Waals surface area contributed by atoms with Crippen molar-refractivity contribution in [1.29, 1.82) is 0 Å². The molecule has 3 N–H and O–H groups in total. The minimum atomic E-state index is -0.582. The summed E-state index contributed by atoms with van der Waals surface area (Å²) in [7, 11) is 2.25. The van der Waals surface area contributed by atoms with Gasteiger partial charge in [-0.25, -0.2) is 0 Å². The molecule has 1 aromatic carbocycles. The van der Waals surface area contributed by atoms with Crippen molar-refractivity contribution in [2.24, 2.45) is 35.5 Å². The van der Waals surface area contributed by atoms with Crippen LogP contribution in [0.2, 0.25) is 0 Å². The lowest BCUT2D eigenvalue weighted by Gasteiger charge is -2.59. The maximum atomic E-state index is 11.9. The number of hydrogen-bond donors (Lipinski definition) is 3. The highest BCUT2D eigenvalue weighted by Crippen LogP contribution is 2.85. The molecule has 0 radical (unpaired) electrons. The molecule has 4 saturated carbocycles. The Bertz CT molecular complexity index is 828. The van der Waals surface area contributed by atoms with E-state index in [-0.39, 0.29) is 11.5 Å². The molecule has 4 heteroatoms. The lowest BCUT2D eigenvalue weighted by atomic mass is 9.47. The van der Waals surface area contributed by atoms with Crippen molar-refractivity contribution < 1.29 is 10.2 Å². The van der Waals surface area contributed by atoms with Crippen LogP contribution in [0.5, 0.6) is 0 Å². The summed E-state index contributed by atoms with van der Waals surface area (Å²) in [5.41, 5.74) is 2.11. The molecule has 0 amide bonds. The number of likely N-dealkylation sites (N-methyl/N-ethyl adjacent to an activating group) is 1. The standard InChI is InChI=1S/C22H28N2O2/c1-3-10-11-8-12-16(11)17-14(23-20(10)25)9-21(26)18(17)22(21)13-6-4-5-7-15(13)24(2)19(12)22/h4-7,10-12,14,16-20,23,25-26H,3,8-9H2,1-2H3/t10-,11?,12+,14?,16-,17-,18+,19?,20+,21?,22+/m0/s1. The predicted molar refractivity (Wildman–Crippen MR) is 98.7 cm³/mol. The van der Waals surface area contributed by atoms with Crippen molar-refractivity contribution in [2.75, 3.05) is 11.9 Å². The van der Waals surface area contributed by atoms with Gasteiger partial charge in [0.15, 0.2) is 0 Å². The summed E-state index contributed by atoms with van der Waals surface area (Å²) in [4.78, 5) is 2.51. The predicted octanol–water partition coefficient (Wildman–Crippen LogP) is 1.71. The van der Waals surface area contributed by atoms with Gasteiger partial charge in [-0.05, 0) is 54.6 Å². The summed E-state index contributed by atoms with van der Waals surface area (Å²) in [6.45, 7) is 2.22. The topological polar surface area (TPSA) is 55.7 Å². The van der Waals surface area contributed by atoms with Gasteiger partial charge in [-0.15, -0.1) is 0 Å². The second-order valence-corrected chi connectivity index (χ2v) is 10.1. The molecule has 4 aliphatic carbocycles. The number of nitrogens with one attached hydrogen (secondary N) is 1. The molecule has 0 bridgehead atoms. The summed E-state index contributed by atoms with van der Waals surface area (Å²) in [6, 6.07) is 9.55. The first-order valence-electron chi connectivity index (χ1n) is 10.5. The van der Waals surface area contributed by atoms with Crippen molar-refractivity contribution in [1.82, 2.24) is 5.32 Å². The van der Waals surface area contributed by atoms with Gasteiger partial charge in [-0.2, -0.15) is 0 Å². The fourth-order valence-electron chi connectivity index (χ4n) is 9.29. The van der Waals surface area contributed by atoms with Crippen LogP contribution >= 0.6 is 0 Å². The highest BCUT2D eigenvalue weighted by Gasteiger charge is 2.92. The van der Waals surface area contributed by atoms with Gasteiger partial charge in [-0.1, -0.05) is 25.1 Å². The zero-order chi connectivity index (χ0) is 17.6. The van der Waals surface area contributed by atoms with Crippen LogP contribution in [0.4, 0.5) is 5.69 Å². The molecule has 1 spiro atoms. The molecule has 0 aromatic heterocycles. The largest absolute Gasteiger partial charge is 0.388 e. The minimum Gasteiger partial charge on any atom is -0.388 e. The molecule has 4 unspecified atom stereocenters. The van der Waals surface area contributed by atoms with E-state index in [1.54, 1.807) is 0 Å². The monoisotopic (exact) mass is 352 g/mol. The molecular weight excluding hydrogens is 324 g/mol. The van der Waals surface area contributed by atoms with Gasteiger partial charge in [0.05, 0.1) is 11.0 Å². The third-order valence-corrected chi connectivity index (χ3v) is 9.83. The van der Waals surface area contributed by atoms with Crippen LogP contribution in [-0.4, -0.2) is 41.2 Å². The Kier molecular flexibility index (Phi) is 2.38. The molecule has 1 saturated heterocycles. The lowest BCUT2D eigenvalue weighted by molar-refractivity contribution is -0.0820. The molecule has 11 atom stereocenters. The second-order valence-electron chi connectivity index (χ2n) is 10.1. The van der Waals surface area contributed by atoms with E-state index in [2.05, 4.69) is 48.5 Å². The van der Waals surface area contributed by atoms with Crippen molar-refractivity contribution in [3.63, 3.8) is 0 Å². The highest BCUT2D eigenvalue weighted by atomic mass is 16.3. The van der Waals surface area contributed by atoms with E-state index in [9.17, 15) is 10.2 Å². The van der Waals surface area contributed by atoms with Gasteiger partial charge < -0.3 is 15.1 Å².